The van der Waals surface area contributed by atoms with E-state index in [2.05, 4.69) is 108 Å². The molecule has 3 nitrogen and oxygen atoms in total. The molecule has 4 aromatic rings. The van der Waals surface area contributed by atoms with Gasteiger partial charge in [0.1, 0.15) is 11.3 Å². The van der Waals surface area contributed by atoms with E-state index in [0.29, 0.717) is 17.1 Å². The van der Waals surface area contributed by atoms with E-state index in [4.69, 9.17) is 10.2 Å². The lowest BCUT2D eigenvalue weighted by Gasteiger charge is -2.29. The summed E-state index contributed by atoms with van der Waals surface area (Å²) in [4.78, 5) is 1.41. The summed E-state index contributed by atoms with van der Waals surface area (Å²) in [5.74, 6) is 1.88. The Labute approximate surface area is 255 Å². The standard InChI is InChI=1S/C39H32N2OS/c1-2-23-12-15-26(24-13-18-35-30(21-24)31-22-25(40)14-19-36(31)42-35)34(20-23)41-32-10-5-3-4-9-29(32)38-33(41)17-16-28-27-8-6-7-11-37(27)43-39(28)38/h2-3,5-11,13-20,22-24,28,39H,1,4,12,21,40H2. The second kappa shape index (κ2) is 9.55. The van der Waals surface area contributed by atoms with Crippen molar-refractivity contribution in [2.45, 2.75) is 35.3 Å². The number of fused-ring (bicyclic) bond motifs is 10. The molecule has 2 N–H and O–H groups in total. The molecular weight excluding hydrogens is 545 g/mol. The summed E-state index contributed by atoms with van der Waals surface area (Å²) in [6.45, 7) is 4.20. The predicted octanol–water partition coefficient (Wildman–Crippen LogP) is 8.15. The van der Waals surface area contributed by atoms with Crippen LogP contribution in [-0.4, -0.2) is 4.57 Å². The summed E-state index contributed by atoms with van der Waals surface area (Å²) in [5.41, 5.74) is 16.0. The van der Waals surface area contributed by atoms with Crippen LogP contribution in [0.1, 0.15) is 52.2 Å². The molecule has 4 atom stereocenters. The number of hydrogen-bond donors (Lipinski definition) is 1. The largest absolute Gasteiger partial charge is 0.456 e. The molecule has 43 heavy (non-hydrogen) atoms. The lowest BCUT2D eigenvalue weighted by molar-refractivity contribution is 0.587. The number of nitrogen functional groups attached to an aromatic ring is 1. The van der Waals surface area contributed by atoms with Gasteiger partial charge in [0.15, 0.2) is 0 Å². The van der Waals surface area contributed by atoms with E-state index < -0.39 is 0 Å². The van der Waals surface area contributed by atoms with Crippen LogP contribution in [-0.2, 0) is 6.42 Å². The Kier molecular flexibility index (Phi) is 5.58. The average molecular weight is 577 g/mol. The van der Waals surface area contributed by atoms with Gasteiger partial charge in [-0.15, -0.1) is 18.3 Å². The van der Waals surface area contributed by atoms with Crippen LogP contribution in [0.5, 0.6) is 0 Å². The minimum atomic E-state index is 0.233. The molecule has 0 radical (unpaired) electrons. The third-order valence-corrected chi connectivity index (χ3v) is 11.2. The highest BCUT2D eigenvalue weighted by Crippen LogP contribution is 2.57. The maximum atomic E-state index is 6.22. The quantitative estimate of drug-likeness (QED) is 0.198. The number of benzene rings is 2. The fourth-order valence-corrected chi connectivity index (χ4v) is 9.25. The molecule has 3 heterocycles. The number of nitrogens with two attached hydrogens (primary N) is 1. The van der Waals surface area contributed by atoms with Crippen LogP contribution >= 0.6 is 11.8 Å². The normalized spacial score (nSPS) is 24.5. The van der Waals surface area contributed by atoms with Crippen molar-refractivity contribution in [2.75, 3.05) is 5.73 Å². The van der Waals surface area contributed by atoms with Gasteiger partial charge in [-0.1, -0.05) is 66.8 Å². The molecule has 9 rings (SSSR count). The van der Waals surface area contributed by atoms with Crippen LogP contribution in [0, 0.1) is 11.8 Å². The predicted molar refractivity (Wildman–Crippen MR) is 181 cm³/mol. The molecule has 0 bridgehead atoms. The van der Waals surface area contributed by atoms with Crippen molar-refractivity contribution in [3.05, 3.63) is 136 Å². The molecule has 4 aliphatic carbocycles. The zero-order valence-corrected chi connectivity index (χ0v) is 24.7. The minimum absolute atomic E-state index is 0.233. The molecule has 210 valence electrons. The van der Waals surface area contributed by atoms with Gasteiger partial charge in [-0.05, 0) is 78.5 Å². The van der Waals surface area contributed by atoms with Crippen molar-refractivity contribution in [2.24, 2.45) is 11.8 Å². The number of anilines is 1. The van der Waals surface area contributed by atoms with E-state index in [1.807, 2.05) is 23.9 Å². The highest BCUT2D eigenvalue weighted by Gasteiger charge is 2.39. The Morgan fingerprint density at radius 2 is 2.00 bits per heavy atom. The Hall–Kier alpha value is -4.41. The molecule has 2 aromatic carbocycles. The Morgan fingerprint density at radius 1 is 1.07 bits per heavy atom. The number of nitrogens with zero attached hydrogens (tertiary/aromatic N) is 1. The first-order chi connectivity index (χ1) is 21.2. The van der Waals surface area contributed by atoms with Crippen LogP contribution < -0.4 is 16.3 Å². The summed E-state index contributed by atoms with van der Waals surface area (Å²) >= 11 is 2.03. The third-order valence-electron chi connectivity index (χ3n) is 9.75. The lowest BCUT2D eigenvalue weighted by atomic mass is 9.81. The maximum Gasteiger partial charge on any atom is 0.135 e. The summed E-state index contributed by atoms with van der Waals surface area (Å²) in [6, 6.07) is 14.9. The van der Waals surface area contributed by atoms with Crippen molar-refractivity contribution in [3.8, 4) is 0 Å². The van der Waals surface area contributed by atoms with Crippen molar-refractivity contribution in [1.82, 2.24) is 4.57 Å². The monoisotopic (exact) mass is 576 g/mol. The van der Waals surface area contributed by atoms with Crippen molar-refractivity contribution < 1.29 is 4.42 Å². The van der Waals surface area contributed by atoms with Gasteiger partial charge in [0, 0.05) is 55.5 Å². The second-order valence-corrected chi connectivity index (χ2v) is 13.3. The number of thioether (sulfide) groups is 1. The highest BCUT2D eigenvalue weighted by molar-refractivity contribution is 8.00. The number of hydrogen-bond acceptors (Lipinski definition) is 3. The zero-order valence-electron chi connectivity index (χ0n) is 23.9. The van der Waals surface area contributed by atoms with Gasteiger partial charge in [-0.3, -0.25) is 0 Å². The molecular formula is C39H32N2OS. The lowest BCUT2D eigenvalue weighted by Crippen LogP contribution is -2.31. The summed E-state index contributed by atoms with van der Waals surface area (Å²) in [5, 5.41) is 4.17. The number of rotatable bonds is 3. The summed E-state index contributed by atoms with van der Waals surface area (Å²) in [7, 11) is 0. The number of furan rings is 1. The molecule has 1 aliphatic heterocycles. The molecule has 0 saturated carbocycles. The van der Waals surface area contributed by atoms with E-state index in [-0.39, 0.29) is 5.92 Å². The Morgan fingerprint density at radius 3 is 2.93 bits per heavy atom. The maximum absolute atomic E-state index is 6.22. The van der Waals surface area contributed by atoms with Crippen LogP contribution in [0.4, 0.5) is 5.69 Å². The fraction of sp³-hybridized carbons (Fsp3) is 0.179. The van der Waals surface area contributed by atoms with E-state index in [0.717, 1.165) is 41.7 Å². The van der Waals surface area contributed by atoms with Gasteiger partial charge in [0.05, 0.1) is 11.0 Å². The first-order valence-corrected chi connectivity index (χ1v) is 16.2. The first kappa shape index (κ1) is 25.1. The van der Waals surface area contributed by atoms with Crippen molar-refractivity contribution >= 4 is 58.4 Å². The molecule has 0 saturated heterocycles. The molecule has 4 unspecified atom stereocenters. The molecule has 5 aliphatic rings. The smallest absolute Gasteiger partial charge is 0.135 e. The number of allylic oxidation sites excluding steroid dienone is 9. The molecule has 0 spiro atoms. The average Bonchev–Trinajstić information content (AvgIpc) is 3.62. The fourth-order valence-electron chi connectivity index (χ4n) is 7.73. The SMILES string of the molecule is C=CC1C=C(n2c3c(c4c2=CC=CCC=4)C2Sc4ccccc4C2C=C3)C(C2C=Cc3oc4ccc(N)cc4c3C2)=CC1. The van der Waals surface area contributed by atoms with Gasteiger partial charge in [-0.2, -0.15) is 0 Å². The van der Waals surface area contributed by atoms with E-state index in [9.17, 15) is 0 Å². The van der Waals surface area contributed by atoms with Gasteiger partial charge < -0.3 is 14.7 Å². The Balaban J connectivity index is 1.21. The van der Waals surface area contributed by atoms with Crippen LogP contribution in [0.25, 0.3) is 41.0 Å². The van der Waals surface area contributed by atoms with Gasteiger partial charge in [-0.25, -0.2) is 0 Å². The van der Waals surface area contributed by atoms with E-state index in [1.54, 1.807) is 0 Å². The second-order valence-electron chi connectivity index (χ2n) is 12.1. The molecule has 4 heteroatoms. The third kappa shape index (κ3) is 3.76. The highest BCUT2D eigenvalue weighted by atomic mass is 32.2. The van der Waals surface area contributed by atoms with Crippen LogP contribution in [0.2, 0.25) is 0 Å². The summed E-state index contributed by atoms with van der Waals surface area (Å²) in [6.07, 6.45) is 28.4. The Bertz CT molecular complexity index is 2150. The first-order valence-electron chi connectivity index (χ1n) is 15.3. The van der Waals surface area contributed by atoms with Crippen LogP contribution in [0.15, 0.2) is 106 Å². The van der Waals surface area contributed by atoms with E-state index in [1.165, 1.54) is 49.1 Å². The zero-order chi connectivity index (χ0) is 28.7. The van der Waals surface area contributed by atoms with Gasteiger partial charge in [0.25, 0.3) is 0 Å². The molecule has 0 fully saturated rings. The van der Waals surface area contributed by atoms with Crippen molar-refractivity contribution in [1.29, 1.82) is 0 Å². The van der Waals surface area contributed by atoms with E-state index >= 15 is 0 Å². The van der Waals surface area contributed by atoms with Gasteiger partial charge in [0.2, 0.25) is 0 Å². The topological polar surface area (TPSA) is 44.1 Å². The summed E-state index contributed by atoms with van der Waals surface area (Å²) < 4.78 is 8.78. The molecule has 2 aromatic heterocycles. The van der Waals surface area contributed by atoms with Crippen molar-refractivity contribution in [3.63, 3.8) is 0 Å². The number of aromatic nitrogens is 1. The minimum Gasteiger partial charge on any atom is -0.456 e. The molecule has 0 amide bonds. The van der Waals surface area contributed by atoms with Gasteiger partial charge >= 0.3 is 0 Å². The van der Waals surface area contributed by atoms with Crippen LogP contribution in [0.3, 0.4) is 0 Å².